The van der Waals surface area contributed by atoms with Crippen LogP contribution >= 0.6 is 11.8 Å². The summed E-state index contributed by atoms with van der Waals surface area (Å²) in [4.78, 5) is 17.4. The molecule has 1 aliphatic heterocycles. The van der Waals surface area contributed by atoms with Crippen molar-refractivity contribution in [2.45, 2.75) is 41.9 Å². The van der Waals surface area contributed by atoms with E-state index in [4.69, 9.17) is 4.52 Å². The van der Waals surface area contributed by atoms with Gasteiger partial charge in [-0.2, -0.15) is 4.31 Å². The Balaban J connectivity index is 1.44. The van der Waals surface area contributed by atoms with Crippen LogP contribution in [0.1, 0.15) is 41.1 Å². The van der Waals surface area contributed by atoms with Gasteiger partial charge < -0.3 is 9.84 Å². The number of aryl methyl sites for hydroxylation is 1. The van der Waals surface area contributed by atoms with Gasteiger partial charge in [0, 0.05) is 36.8 Å². The minimum atomic E-state index is -3.50. The number of carbonyl (C=O) groups excluding carboxylic acids is 1. The maximum absolute atomic E-state index is 12.9. The highest BCUT2D eigenvalue weighted by Gasteiger charge is 2.25. The van der Waals surface area contributed by atoms with Gasteiger partial charge in [0.25, 0.3) is 5.91 Å². The molecule has 4 rings (SSSR count). The Kier molecular flexibility index (Phi) is 6.92. The van der Waals surface area contributed by atoms with Crippen molar-refractivity contribution in [2.24, 2.45) is 0 Å². The van der Waals surface area contributed by atoms with Gasteiger partial charge in [-0.1, -0.05) is 23.3 Å². The first-order valence-corrected chi connectivity index (χ1v) is 12.8. The van der Waals surface area contributed by atoms with E-state index in [1.165, 1.54) is 28.2 Å². The number of carbonyl (C=O) groups is 1. The second-order valence-corrected chi connectivity index (χ2v) is 10.4. The maximum atomic E-state index is 12.9. The van der Waals surface area contributed by atoms with Gasteiger partial charge >= 0.3 is 0 Å². The molecule has 0 spiro atoms. The first-order valence-electron chi connectivity index (χ1n) is 10.3. The molecule has 0 saturated carbocycles. The van der Waals surface area contributed by atoms with Crippen molar-refractivity contribution in [3.63, 3.8) is 0 Å². The quantitative estimate of drug-likeness (QED) is 0.516. The van der Waals surface area contributed by atoms with E-state index in [1.54, 1.807) is 30.5 Å². The highest BCUT2D eigenvalue weighted by Crippen LogP contribution is 2.26. The summed E-state index contributed by atoms with van der Waals surface area (Å²) in [5.41, 5.74) is 1.72. The molecule has 3 heterocycles. The lowest BCUT2D eigenvalue weighted by Gasteiger charge is -2.25. The average molecular weight is 473 g/mol. The molecule has 3 aromatic rings. The lowest BCUT2D eigenvalue weighted by atomic mass is 10.2. The van der Waals surface area contributed by atoms with E-state index in [1.807, 2.05) is 13.0 Å². The molecule has 0 radical (unpaired) electrons. The van der Waals surface area contributed by atoms with Gasteiger partial charge in [0.15, 0.2) is 0 Å². The van der Waals surface area contributed by atoms with E-state index < -0.39 is 10.0 Å². The number of hydrogen-bond acceptors (Lipinski definition) is 7. The molecule has 8 nitrogen and oxygen atoms in total. The SMILES string of the molecule is Cc1cc(CSc2ncccc2C(=O)Nc2ccc(S(=O)(=O)N3CCCCC3)cc2)no1. The number of rotatable bonds is 7. The standard InChI is InChI=1S/C22H24N4O4S2/c1-16-14-18(25-30-16)15-31-22-20(6-5-11-23-22)21(27)24-17-7-9-19(10-8-17)32(28,29)26-12-3-2-4-13-26/h5-11,14H,2-4,12-13,15H2,1H3,(H,24,27). The van der Waals surface area contributed by atoms with Crippen LogP contribution in [0.15, 0.2) is 63.1 Å². The zero-order valence-electron chi connectivity index (χ0n) is 17.7. The lowest BCUT2D eigenvalue weighted by molar-refractivity contribution is 0.102. The van der Waals surface area contributed by atoms with Crippen molar-refractivity contribution in [3.05, 3.63) is 65.7 Å². The number of pyridine rings is 1. The van der Waals surface area contributed by atoms with Gasteiger partial charge in [-0.3, -0.25) is 4.79 Å². The number of amides is 1. The molecule has 1 N–H and O–H groups in total. The summed E-state index contributed by atoms with van der Waals surface area (Å²) in [5.74, 6) is 0.937. The number of piperidine rings is 1. The Morgan fingerprint density at radius 2 is 1.91 bits per heavy atom. The van der Waals surface area contributed by atoms with Crippen molar-refractivity contribution in [3.8, 4) is 0 Å². The minimum absolute atomic E-state index is 0.234. The van der Waals surface area contributed by atoms with Crippen molar-refractivity contribution in [1.29, 1.82) is 0 Å². The Morgan fingerprint density at radius 3 is 2.59 bits per heavy atom. The fourth-order valence-electron chi connectivity index (χ4n) is 3.47. The molecule has 1 saturated heterocycles. The molecule has 10 heteroatoms. The number of aromatic nitrogens is 2. The molecule has 168 valence electrons. The van der Waals surface area contributed by atoms with Crippen LogP contribution in [0.4, 0.5) is 5.69 Å². The molecular formula is C22H24N4O4S2. The lowest BCUT2D eigenvalue weighted by Crippen LogP contribution is -2.35. The zero-order chi connectivity index (χ0) is 22.6. The number of thioether (sulfide) groups is 1. The fraction of sp³-hybridized carbons (Fsp3) is 0.318. The van der Waals surface area contributed by atoms with Gasteiger partial charge in [-0.05, 0) is 56.2 Å². The Hall–Kier alpha value is -2.69. The predicted octanol–water partition coefficient (Wildman–Crippen LogP) is 4.10. The van der Waals surface area contributed by atoms with Crippen LogP contribution in [0.5, 0.6) is 0 Å². The van der Waals surface area contributed by atoms with Crippen LogP contribution in [0, 0.1) is 6.92 Å². The fourth-order valence-corrected chi connectivity index (χ4v) is 5.86. The molecule has 1 aromatic carbocycles. The van der Waals surface area contributed by atoms with E-state index in [9.17, 15) is 13.2 Å². The van der Waals surface area contributed by atoms with Crippen molar-refractivity contribution < 1.29 is 17.7 Å². The second-order valence-electron chi connectivity index (χ2n) is 7.52. The molecule has 0 atom stereocenters. The summed E-state index contributed by atoms with van der Waals surface area (Å²) in [6.07, 6.45) is 4.46. The molecular weight excluding hydrogens is 448 g/mol. The van der Waals surface area contributed by atoms with Crippen molar-refractivity contribution >= 4 is 33.4 Å². The third-order valence-electron chi connectivity index (χ3n) is 5.11. The Labute approximate surface area is 191 Å². The number of benzene rings is 1. The average Bonchev–Trinajstić information content (AvgIpc) is 3.24. The summed E-state index contributed by atoms with van der Waals surface area (Å²) < 4.78 is 32.2. The number of hydrogen-bond donors (Lipinski definition) is 1. The molecule has 1 fully saturated rings. The highest BCUT2D eigenvalue weighted by atomic mass is 32.2. The molecule has 1 aliphatic rings. The van der Waals surface area contributed by atoms with Crippen LogP contribution in [0.3, 0.4) is 0 Å². The predicted molar refractivity (Wildman–Crippen MR) is 122 cm³/mol. The summed E-state index contributed by atoms with van der Waals surface area (Å²) >= 11 is 1.39. The number of nitrogens with zero attached hydrogens (tertiary/aromatic N) is 3. The maximum Gasteiger partial charge on any atom is 0.258 e. The summed E-state index contributed by atoms with van der Waals surface area (Å²) in [5, 5.41) is 7.36. The van der Waals surface area contributed by atoms with Gasteiger partial charge in [0.2, 0.25) is 10.0 Å². The zero-order valence-corrected chi connectivity index (χ0v) is 19.3. The van der Waals surface area contributed by atoms with Crippen LogP contribution in [0.2, 0.25) is 0 Å². The van der Waals surface area contributed by atoms with Gasteiger partial charge in [-0.15, -0.1) is 0 Å². The molecule has 0 aliphatic carbocycles. The molecule has 32 heavy (non-hydrogen) atoms. The number of nitrogens with one attached hydrogen (secondary N) is 1. The van der Waals surface area contributed by atoms with Crippen molar-refractivity contribution in [1.82, 2.24) is 14.4 Å². The van der Waals surface area contributed by atoms with E-state index >= 15 is 0 Å². The summed E-state index contributed by atoms with van der Waals surface area (Å²) in [6, 6.07) is 11.5. The summed E-state index contributed by atoms with van der Waals surface area (Å²) in [6.45, 7) is 2.93. The van der Waals surface area contributed by atoms with E-state index in [0.717, 1.165) is 30.7 Å². The van der Waals surface area contributed by atoms with E-state index in [0.29, 0.717) is 35.1 Å². The normalized spacial score (nSPS) is 14.9. The number of anilines is 1. The topological polar surface area (TPSA) is 105 Å². The molecule has 0 unspecified atom stereocenters. The molecule has 1 amide bonds. The first-order chi connectivity index (χ1) is 15.4. The second kappa shape index (κ2) is 9.85. The largest absolute Gasteiger partial charge is 0.361 e. The van der Waals surface area contributed by atoms with Gasteiger partial charge in [-0.25, -0.2) is 13.4 Å². The smallest absolute Gasteiger partial charge is 0.258 e. The molecule has 0 bridgehead atoms. The summed E-state index contributed by atoms with van der Waals surface area (Å²) in [7, 11) is -3.50. The minimum Gasteiger partial charge on any atom is -0.361 e. The van der Waals surface area contributed by atoms with Crippen LogP contribution < -0.4 is 5.32 Å². The highest BCUT2D eigenvalue weighted by molar-refractivity contribution is 7.98. The third kappa shape index (κ3) is 5.20. The van der Waals surface area contributed by atoms with Gasteiger partial charge in [0.1, 0.15) is 10.8 Å². The van der Waals surface area contributed by atoms with E-state index in [-0.39, 0.29) is 10.8 Å². The molecule has 2 aromatic heterocycles. The third-order valence-corrected chi connectivity index (χ3v) is 8.07. The Morgan fingerprint density at radius 1 is 1.16 bits per heavy atom. The van der Waals surface area contributed by atoms with Gasteiger partial charge in [0.05, 0.1) is 16.2 Å². The first kappa shape index (κ1) is 22.5. The van der Waals surface area contributed by atoms with Crippen molar-refractivity contribution in [2.75, 3.05) is 18.4 Å². The number of sulfonamides is 1. The monoisotopic (exact) mass is 472 g/mol. The van der Waals surface area contributed by atoms with Crippen LogP contribution in [-0.2, 0) is 15.8 Å². The Bertz CT molecular complexity index is 1190. The van der Waals surface area contributed by atoms with Crippen LogP contribution in [-0.4, -0.2) is 41.9 Å². The van der Waals surface area contributed by atoms with Crippen LogP contribution in [0.25, 0.3) is 0 Å². The van der Waals surface area contributed by atoms with E-state index in [2.05, 4.69) is 15.5 Å².